The highest BCUT2D eigenvalue weighted by Gasteiger charge is 2.59. The van der Waals surface area contributed by atoms with Gasteiger partial charge in [0.15, 0.2) is 0 Å². The lowest BCUT2D eigenvalue weighted by Gasteiger charge is -2.33. The maximum absolute atomic E-state index is 14.1. The molecule has 1 aliphatic heterocycles. The number of halogens is 2. The molecule has 1 atom stereocenters. The summed E-state index contributed by atoms with van der Waals surface area (Å²) in [5, 5.41) is 10.2. The lowest BCUT2D eigenvalue weighted by Crippen LogP contribution is -2.54. The van der Waals surface area contributed by atoms with Crippen LogP contribution in [0.3, 0.4) is 0 Å². The minimum Gasteiger partial charge on any atom is -0.461 e. The van der Waals surface area contributed by atoms with Crippen LogP contribution in [0.25, 0.3) is 0 Å². The Labute approximate surface area is 129 Å². The average molecular weight is 344 g/mol. The number of carbonyl (C=O) groups excluding carboxylic acids is 1. The normalized spacial score (nSPS) is 25.0. The van der Waals surface area contributed by atoms with Crippen molar-refractivity contribution in [3.63, 3.8) is 0 Å². The number of ether oxygens (including phenoxy) is 1. The predicted molar refractivity (Wildman–Crippen MR) is 74.6 cm³/mol. The van der Waals surface area contributed by atoms with Crippen LogP contribution in [0.2, 0.25) is 0 Å². The molecule has 1 N–H and O–H groups in total. The Kier molecular flexibility index (Phi) is 5.88. The molecule has 1 aliphatic rings. The van der Waals surface area contributed by atoms with E-state index in [-0.39, 0.29) is 26.1 Å². The van der Waals surface area contributed by atoms with Crippen LogP contribution in [0.1, 0.15) is 26.2 Å². The van der Waals surface area contributed by atoms with Crippen molar-refractivity contribution in [1.29, 1.82) is 0 Å². The number of aliphatic hydroxyl groups is 1. The van der Waals surface area contributed by atoms with Gasteiger partial charge in [0.1, 0.15) is 5.60 Å². The smallest absolute Gasteiger partial charge is 0.380 e. The second-order valence-corrected chi connectivity index (χ2v) is 7.51. The van der Waals surface area contributed by atoms with Gasteiger partial charge in [-0.3, -0.25) is 0 Å². The third-order valence-electron chi connectivity index (χ3n) is 3.68. The van der Waals surface area contributed by atoms with Crippen LogP contribution >= 0.6 is 0 Å². The van der Waals surface area contributed by atoms with Crippen LogP contribution in [0.5, 0.6) is 0 Å². The fourth-order valence-electron chi connectivity index (χ4n) is 2.28. The Balaban J connectivity index is 2.95. The lowest BCUT2D eigenvalue weighted by molar-refractivity contribution is -0.215. The number of hydrogen-bond donors (Lipinski definition) is 1. The van der Waals surface area contributed by atoms with Crippen LogP contribution in [-0.4, -0.2) is 73.4 Å². The molecule has 0 radical (unpaired) electrons. The van der Waals surface area contributed by atoms with Crippen molar-refractivity contribution in [2.24, 2.45) is 0 Å². The lowest BCUT2D eigenvalue weighted by atomic mass is 9.87. The molecular formula is C12H22F2N2O5S. The largest absolute Gasteiger partial charge is 0.461 e. The number of carbonyl (C=O) groups is 1. The van der Waals surface area contributed by atoms with Crippen molar-refractivity contribution >= 4 is 16.2 Å². The summed E-state index contributed by atoms with van der Waals surface area (Å²) in [6.07, 6.45) is -0.928. The molecule has 0 saturated carbocycles. The molecule has 1 fully saturated rings. The van der Waals surface area contributed by atoms with Crippen LogP contribution in [0, 0.1) is 0 Å². The van der Waals surface area contributed by atoms with E-state index in [1.165, 1.54) is 21.0 Å². The van der Waals surface area contributed by atoms with Gasteiger partial charge in [-0.1, -0.05) is 0 Å². The highest BCUT2D eigenvalue weighted by atomic mass is 32.2. The summed E-state index contributed by atoms with van der Waals surface area (Å²) in [5.41, 5.74) is -2.62. The van der Waals surface area contributed by atoms with E-state index in [0.717, 1.165) is 8.61 Å². The first kappa shape index (κ1) is 19.2. The number of alkyl halides is 2. The van der Waals surface area contributed by atoms with E-state index in [4.69, 9.17) is 0 Å². The molecule has 10 heteroatoms. The van der Waals surface area contributed by atoms with Crippen molar-refractivity contribution in [1.82, 2.24) is 8.61 Å². The molecule has 22 heavy (non-hydrogen) atoms. The average Bonchev–Trinajstić information content (AvgIpc) is 2.62. The summed E-state index contributed by atoms with van der Waals surface area (Å²) in [4.78, 5) is 11.4. The van der Waals surface area contributed by atoms with Crippen molar-refractivity contribution in [2.45, 2.75) is 37.7 Å². The SMILES string of the molecule is CCOC(=O)C(F)(F)C1(O)CCCN(S(=O)(=O)N(C)C)CC1. The summed E-state index contributed by atoms with van der Waals surface area (Å²) >= 11 is 0. The van der Waals surface area contributed by atoms with Crippen molar-refractivity contribution in [3.8, 4) is 0 Å². The van der Waals surface area contributed by atoms with E-state index in [9.17, 15) is 27.1 Å². The highest BCUT2D eigenvalue weighted by Crippen LogP contribution is 2.38. The van der Waals surface area contributed by atoms with E-state index in [1.54, 1.807) is 0 Å². The van der Waals surface area contributed by atoms with Gasteiger partial charge in [0.05, 0.1) is 6.61 Å². The fourth-order valence-corrected chi connectivity index (χ4v) is 3.43. The topological polar surface area (TPSA) is 87.1 Å². The summed E-state index contributed by atoms with van der Waals surface area (Å²) in [6.45, 7) is 0.857. The van der Waals surface area contributed by atoms with Gasteiger partial charge in [0, 0.05) is 27.2 Å². The van der Waals surface area contributed by atoms with Gasteiger partial charge < -0.3 is 9.84 Å². The fraction of sp³-hybridized carbons (Fsp3) is 0.917. The molecule has 0 aromatic heterocycles. The van der Waals surface area contributed by atoms with E-state index in [2.05, 4.69) is 4.74 Å². The second-order valence-electron chi connectivity index (χ2n) is 5.37. The molecule has 0 aromatic rings. The molecule has 1 heterocycles. The van der Waals surface area contributed by atoms with Gasteiger partial charge in [-0.2, -0.15) is 25.8 Å². The van der Waals surface area contributed by atoms with E-state index < -0.39 is 40.5 Å². The molecule has 1 unspecified atom stereocenters. The van der Waals surface area contributed by atoms with Gasteiger partial charge in [-0.25, -0.2) is 4.79 Å². The Morgan fingerprint density at radius 3 is 2.45 bits per heavy atom. The number of rotatable bonds is 5. The molecule has 1 rings (SSSR count). The number of esters is 1. The van der Waals surface area contributed by atoms with Gasteiger partial charge in [-0.15, -0.1) is 0 Å². The van der Waals surface area contributed by atoms with E-state index in [1.807, 2.05) is 0 Å². The quantitative estimate of drug-likeness (QED) is 0.721. The van der Waals surface area contributed by atoms with E-state index in [0.29, 0.717) is 0 Å². The van der Waals surface area contributed by atoms with Crippen LogP contribution < -0.4 is 0 Å². The van der Waals surface area contributed by atoms with Gasteiger partial charge >= 0.3 is 11.9 Å². The minimum absolute atomic E-state index is 0.00172. The molecule has 130 valence electrons. The van der Waals surface area contributed by atoms with E-state index >= 15 is 0 Å². The first-order valence-corrected chi connectivity index (χ1v) is 8.34. The first-order chi connectivity index (χ1) is 9.99. The third-order valence-corrected chi connectivity index (χ3v) is 5.62. The zero-order valence-electron chi connectivity index (χ0n) is 12.9. The maximum atomic E-state index is 14.1. The molecular weight excluding hydrogens is 322 g/mol. The van der Waals surface area contributed by atoms with Gasteiger partial charge in [-0.05, 0) is 26.2 Å². The molecule has 0 aliphatic carbocycles. The Morgan fingerprint density at radius 1 is 1.36 bits per heavy atom. The number of hydrogen-bond acceptors (Lipinski definition) is 5. The molecule has 0 aromatic carbocycles. The Bertz CT molecular complexity index is 512. The predicted octanol–water partition coefficient (Wildman–Crippen LogP) is 0.208. The van der Waals surface area contributed by atoms with Crippen molar-refractivity contribution < 1.29 is 31.8 Å². The standard InChI is InChI=1S/C12H22F2N2O5S/c1-4-21-10(17)12(13,14)11(18)6-5-8-16(9-7-11)22(19,20)15(2)3/h18H,4-9H2,1-3H3. The van der Waals surface area contributed by atoms with Crippen molar-refractivity contribution in [3.05, 3.63) is 0 Å². The minimum atomic E-state index is -4.08. The van der Waals surface area contributed by atoms with Gasteiger partial charge in [0.2, 0.25) is 0 Å². The summed E-state index contributed by atoms with van der Waals surface area (Å²) in [6, 6.07) is 0. The number of nitrogens with zero attached hydrogens (tertiary/aromatic N) is 2. The Hall–Kier alpha value is -0.840. The van der Waals surface area contributed by atoms with Crippen molar-refractivity contribution in [2.75, 3.05) is 33.8 Å². The van der Waals surface area contributed by atoms with Crippen LogP contribution in [0.4, 0.5) is 8.78 Å². The van der Waals surface area contributed by atoms with Gasteiger partial charge in [0.25, 0.3) is 10.2 Å². The zero-order chi connectivity index (χ0) is 17.2. The second kappa shape index (κ2) is 6.73. The van der Waals surface area contributed by atoms with Crippen LogP contribution in [-0.2, 0) is 19.7 Å². The summed E-state index contributed by atoms with van der Waals surface area (Å²) in [7, 11) is -1.09. The Morgan fingerprint density at radius 2 is 1.95 bits per heavy atom. The third kappa shape index (κ3) is 3.55. The molecule has 0 spiro atoms. The molecule has 1 saturated heterocycles. The summed E-state index contributed by atoms with van der Waals surface area (Å²) < 4.78 is 58.6. The molecule has 0 bridgehead atoms. The summed E-state index contributed by atoms with van der Waals surface area (Å²) in [5.74, 6) is -5.87. The highest BCUT2D eigenvalue weighted by molar-refractivity contribution is 7.86. The maximum Gasteiger partial charge on any atom is 0.380 e. The molecule has 0 amide bonds. The molecule has 7 nitrogen and oxygen atoms in total. The first-order valence-electron chi connectivity index (χ1n) is 6.94. The monoisotopic (exact) mass is 344 g/mol. The zero-order valence-corrected chi connectivity index (χ0v) is 13.7. The van der Waals surface area contributed by atoms with Crippen LogP contribution in [0.15, 0.2) is 0 Å².